The van der Waals surface area contributed by atoms with Crippen LogP contribution in [0, 0.1) is 0 Å². The van der Waals surface area contributed by atoms with Gasteiger partial charge in [-0.05, 0) is 60.6 Å². The minimum absolute atomic E-state index is 0.0630. The Morgan fingerprint density at radius 1 is 0.767 bits per heavy atom. The van der Waals surface area contributed by atoms with E-state index in [9.17, 15) is 14.4 Å². The van der Waals surface area contributed by atoms with E-state index in [0.29, 0.717) is 23.6 Å². The third-order valence-electron chi connectivity index (χ3n) is 12.0. The number of hydrogen-bond acceptors (Lipinski definition) is 10. The van der Waals surface area contributed by atoms with Crippen LogP contribution in [0.15, 0.2) is 36.4 Å². The third kappa shape index (κ3) is 15.2. The number of nitrogens with zero attached hydrogens (tertiary/aromatic N) is 4. The maximum absolute atomic E-state index is 13.4. The Bertz CT molecular complexity index is 1750. The molecule has 5 rings (SSSR count). The molecule has 2 aliphatic rings. The number of aromatic nitrogens is 1. The number of fused-ring (bicyclic) bond motifs is 2. The number of esters is 1. The van der Waals surface area contributed by atoms with Crippen molar-refractivity contribution in [1.82, 2.24) is 9.27 Å². The van der Waals surface area contributed by atoms with Crippen molar-refractivity contribution in [2.45, 2.75) is 161 Å². The zero-order chi connectivity index (χ0) is 42.4. The van der Waals surface area contributed by atoms with Gasteiger partial charge in [0.25, 0.3) is 6.23 Å². The molecule has 10 nitrogen and oxygen atoms in total. The fourth-order valence-corrected chi connectivity index (χ4v) is 9.52. The van der Waals surface area contributed by atoms with E-state index in [4.69, 9.17) is 30.2 Å². The Hall–Kier alpha value is -3.41. The zero-order valence-electron chi connectivity index (χ0n) is 36.6. The van der Waals surface area contributed by atoms with Crippen LogP contribution in [0.2, 0.25) is 5.02 Å². The second-order valence-corrected chi connectivity index (χ2v) is 17.8. The van der Waals surface area contributed by atoms with Crippen LogP contribution in [0.4, 0.5) is 16.3 Å². The van der Waals surface area contributed by atoms with Gasteiger partial charge in [-0.15, -0.1) is 0 Å². The van der Waals surface area contributed by atoms with Gasteiger partial charge in [0.2, 0.25) is 5.91 Å². The van der Waals surface area contributed by atoms with Gasteiger partial charge < -0.3 is 19.1 Å². The van der Waals surface area contributed by atoms with Crippen LogP contribution in [0.1, 0.15) is 153 Å². The number of anilines is 2. The van der Waals surface area contributed by atoms with Crippen molar-refractivity contribution in [2.75, 3.05) is 55.7 Å². The molecule has 2 aliphatic heterocycles. The van der Waals surface area contributed by atoms with Crippen LogP contribution in [-0.4, -0.2) is 79.5 Å². The summed E-state index contributed by atoms with van der Waals surface area (Å²) in [5, 5.41) is 1.70. The molecule has 1 amide bonds. The molecule has 2 aromatic carbocycles. The molecule has 1 saturated heterocycles. The lowest BCUT2D eigenvalue weighted by Gasteiger charge is -2.35. The van der Waals surface area contributed by atoms with Gasteiger partial charge in [0.1, 0.15) is 5.82 Å². The lowest BCUT2D eigenvalue weighted by atomic mass is 10.0. The van der Waals surface area contributed by atoms with Gasteiger partial charge >= 0.3 is 12.1 Å². The van der Waals surface area contributed by atoms with E-state index in [2.05, 4.69) is 34.9 Å². The molecule has 12 heteroatoms. The number of carbonyl (C=O) groups excluding carboxylic acids is 3. The van der Waals surface area contributed by atoms with E-state index in [0.717, 1.165) is 62.5 Å². The van der Waals surface area contributed by atoms with Crippen LogP contribution in [0.3, 0.4) is 0 Å². The van der Waals surface area contributed by atoms with Crippen molar-refractivity contribution in [3.63, 3.8) is 0 Å². The summed E-state index contributed by atoms with van der Waals surface area (Å²) in [6.45, 7) is 8.63. The Balaban J connectivity index is 0.951. The molecule has 3 aromatic rings. The van der Waals surface area contributed by atoms with Crippen LogP contribution in [-0.2, 0) is 36.6 Å². The van der Waals surface area contributed by atoms with Gasteiger partial charge in [-0.25, -0.2) is 9.59 Å². The molecular formula is C48H71ClN4O6S. The van der Waals surface area contributed by atoms with Crippen LogP contribution in [0.25, 0.3) is 10.1 Å². The van der Waals surface area contributed by atoms with Crippen LogP contribution < -0.4 is 9.80 Å². The van der Waals surface area contributed by atoms with Crippen molar-refractivity contribution < 1.29 is 28.6 Å². The first kappa shape index (κ1) is 47.6. The lowest BCUT2D eigenvalue weighted by molar-refractivity contribution is -0.155. The van der Waals surface area contributed by atoms with Crippen molar-refractivity contribution in [2.24, 2.45) is 0 Å². The standard InChI is InChI=1S/C48H71ClN4O6S/c1-3-5-6-7-8-9-10-11-12-13-14-15-16-17-18-19-20-21-22-25-34-58-48(56)59-46(47(55)57-4-2)53-42-37-41(49)38(35-39(42)36-44(53)54)28-29-51-30-32-52(33-31-51)45-40-26-23-24-27-43(40)60-50-45/h23-24,26-27,35,37,46H,3-22,25,28-34,36H2,1-2H3. The van der Waals surface area contributed by atoms with E-state index in [1.54, 1.807) is 24.5 Å². The third-order valence-corrected chi connectivity index (χ3v) is 13.2. The second-order valence-electron chi connectivity index (χ2n) is 16.6. The summed E-state index contributed by atoms with van der Waals surface area (Å²) in [7, 11) is 0. The van der Waals surface area contributed by atoms with Gasteiger partial charge in [-0.3, -0.25) is 14.6 Å². The van der Waals surface area contributed by atoms with Gasteiger partial charge in [0, 0.05) is 43.1 Å². The van der Waals surface area contributed by atoms with Crippen molar-refractivity contribution in [3.05, 3.63) is 52.5 Å². The molecule has 0 radical (unpaired) electrons. The fourth-order valence-electron chi connectivity index (χ4n) is 8.48. The summed E-state index contributed by atoms with van der Waals surface area (Å²) in [6.07, 6.45) is 24.0. The number of halogens is 1. The number of piperazine rings is 1. The molecule has 1 atom stereocenters. The average molecular weight is 868 g/mol. The maximum Gasteiger partial charge on any atom is 0.510 e. The van der Waals surface area contributed by atoms with Crippen LogP contribution in [0.5, 0.6) is 0 Å². The summed E-state index contributed by atoms with van der Waals surface area (Å²) in [5.41, 5.74) is 2.11. The number of amides is 1. The maximum atomic E-state index is 13.4. The predicted octanol–water partition coefficient (Wildman–Crippen LogP) is 12.1. The van der Waals surface area contributed by atoms with Crippen molar-refractivity contribution in [3.8, 4) is 0 Å². The number of hydrogen-bond donors (Lipinski definition) is 0. The second kappa shape index (κ2) is 26.8. The van der Waals surface area contributed by atoms with Crippen molar-refractivity contribution >= 4 is 62.8 Å². The summed E-state index contributed by atoms with van der Waals surface area (Å²) >= 11 is 8.36. The number of carbonyl (C=O) groups is 3. The first-order valence-corrected chi connectivity index (χ1v) is 24.5. The summed E-state index contributed by atoms with van der Waals surface area (Å²) < 4.78 is 22.0. The Morgan fingerprint density at radius 3 is 1.95 bits per heavy atom. The van der Waals surface area contributed by atoms with E-state index >= 15 is 0 Å². The topological polar surface area (TPSA) is 102 Å². The van der Waals surface area contributed by atoms with Crippen LogP contribution >= 0.6 is 23.1 Å². The monoisotopic (exact) mass is 866 g/mol. The molecule has 0 bridgehead atoms. The lowest BCUT2D eigenvalue weighted by Crippen LogP contribution is -2.47. The Morgan fingerprint density at radius 2 is 1.35 bits per heavy atom. The molecule has 0 aliphatic carbocycles. The Labute approximate surface area is 368 Å². The molecule has 1 unspecified atom stereocenters. The van der Waals surface area contributed by atoms with Gasteiger partial charge in [0.05, 0.1) is 30.0 Å². The van der Waals surface area contributed by atoms with Crippen molar-refractivity contribution in [1.29, 1.82) is 0 Å². The normalized spacial score (nSPS) is 14.8. The van der Waals surface area contributed by atoms with Gasteiger partial charge in [-0.2, -0.15) is 4.37 Å². The number of rotatable bonds is 29. The zero-order valence-corrected chi connectivity index (χ0v) is 38.1. The molecule has 60 heavy (non-hydrogen) atoms. The minimum atomic E-state index is -1.60. The average Bonchev–Trinajstić information content (AvgIpc) is 3.82. The molecular weight excluding hydrogens is 796 g/mol. The van der Waals surface area contributed by atoms with E-state index in [1.165, 1.54) is 124 Å². The number of ether oxygens (including phenoxy) is 3. The summed E-state index contributed by atoms with van der Waals surface area (Å²) in [5.74, 6) is -0.140. The number of unbranched alkanes of at least 4 members (excludes halogenated alkanes) is 19. The number of benzene rings is 2. The first-order chi connectivity index (χ1) is 29.4. The van der Waals surface area contributed by atoms with E-state index in [1.807, 2.05) is 12.1 Å². The molecule has 0 spiro atoms. The molecule has 0 saturated carbocycles. The molecule has 1 aromatic heterocycles. The summed E-state index contributed by atoms with van der Waals surface area (Å²) in [6, 6.07) is 12.0. The predicted molar refractivity (Wildman–Crippen MR) is 245 cm³/mol. The van der Waals surface area contributed by atoms with Gasteiger partial charge in [-0.1, -0.05) is 159 Å². The summed E-state index contributed by atoms with van der Waals surface area (Å²) in [4.78, 5) is 45.2. The SMILES string of the molecule is CCCCCCCCCCCCCCCCCCCCCCOC(=O)OC(C(=O)OCC)N1C(=O)Cc2cc(CCN3CCN(c4nsc5ccccc45)CC3)c(Cl)cc21. The highest BCUT2D eigenvalue weighted by molar-refractivity contribution is 7.13. The van der Waals surface area contributed by atoms with E-state index in [-0.39, 0.29) is 25.5 Å². The highest BCUT2D eigenvalue weighted by Crippen LogP contribution is 2.36. The Kier molecular flexibility index (Phi) is 21.3. The largest absolute Gasteiger partial charge is 0.510 e. The molecule has 0 N–H and O–H groups in total. The molecule has 1 fully saturated rings. The fraction of sp³-hybridized carbons (Fsp3) is 0.667. The quantitative estimate of drug-likeness (QED) is 0.0498. The highest BCUT2D eigenvalue weighted by atomic mass is 35.5. The molecule has 332 valence electrons. The van der Waals surface area contributed by atoms with E-state index < -0.39 is 18.4 Å². The molecule has 3 heterocycles. The smallest absolute Gasteiger partial charge is 0.462 e. The van der Waals surface area contributed by atoms with Gasteiger partial charge in [0.15, 0.2) is 0 Å². The highest BCUT2D eigenvalue weighted by Gasteiger charge is 2.41. The first-order valence-electron chi connectivity index (χ1n) is 23.3. The minimum Gasteiger partial charge on any atom is -0.462 e.